The molecule has 0 amide bonds. The SMILES string of the molecule is COC(=O)C1CCN(Cc2cccnc2N)CC1. The van der Waals surface area contributed by atoms with Crippen LogP contribution in [0.5, 0.6) is 0 Å². The predicted octanol–water partition coefficient (Wildman–Crippen LogP) is 1.05. The number of aromatic nitrogens is 1. The molecule has 5 nitrogen and oxygen atoms in total. The quantitative estimate of drug-likeness (QED) is 0.811. The lowest BCUT2D eigenvalue weighted by molar-refractivity contribution is -0.147. The molecule has 0 atom stereocenters. The second-order valence-corrected chi connectivity index (χ2v) is 4.62. The fourth-order valence-corrected chi connectivity index (χ4v) is 2.32. The summed E-state index contributed by atoms with van der Waals surface area (Å²) in [6, 6.07) is 3.89. The van der Waals surface area contributed by atoms with E-state index in [-0.39, 0.29) is 11.9 Å². The molecule has 1 aromatic rings. The Morgan fingerprint density at radius 1 is 1.56 bits per heavy atom. The summed E-state index contributed by atoms with van der Waals surface area (Å²) in [6.45, 7) is 2.59. The largest absolute Gasteiger partial charge is 0.469 e. The number of rotatable bonds is 3. The number of carbonyl (C=O) groups is 1. The van der Waals surface area contributed by atoms with Crippen molar-refractivity contribution in [3.63, 3.8) is 0 Å². The summed E-state index contributed by atoms with van der Waals surface area (Å²) in [4.78, 5) is 17.8. The molecular formula is C13H19N3O2. The predicted molar refractivity (Wildman–Crippen MR) is 68.7 cm³/mol. The number of methoxy groups -OCH3 is 1. The number of anilines is 1. The number of carbonyl (C=O) groups excluding carboxylic acids is 1. The average molecular weight is 249 g/mol. The zero-order valence-electron chi connectivity index (χ0n) is 10.6. The third kappa shape index (κ3) is 2.98. The standard InChI is InChI=1S/C13H19N3O2/c1-18-13(17)10-4-7-16(8-5-10)9-11-3-2-6-15-12(11)14/h2-3,6,10H,4-5,7-9H2,1H3,(H2,14,15). The highest BCUT2D eigenvalue weighted by Gasteiger charge is 2.25. The topological polar surface area (TPSA) is 68.5 Å². The van der Waals surface area contributed by atoms with E-state index in [0.717, 1.165) is 38.0 Å². The number of nitrogens with two attached hydrogens (primary N) is 1. The first-order valence-corrected chi connectivity index (χ1v) is 6.20. The van der Waals surface area contributed by atoms with Gasteiger partial charge in [0.15, 0.2) is 0 Å². The Morgan fingerprint density at radius 3 is 2.89 bits per heavy atom. The van der Waals surface area contributed by atoms with Crippen LogP contribution in [0.15, 0.2) is 18.3 Å². The van der Waals surface area contributed by atoms with Gasteiger partial charge in [0.05, 0.1) is 13.0 Å². The number of ether oxygens (including phenoxy) is 1. The second kappa shape index (κ2) is 5.82. The fourth-order valence-electron chi connectivity index (χ4n) is 2.32. The van der Waals surface area contributed by atoms with E-state index in [0.29, 0.717) is 5.82 Å². The van der Waals surface area contributed by atoms with Crippen LogP contribution in [0.3, 0.4) is 0 Å². The molecule has 1 aromatic heterocycles. The number of pyridine rings is 1. The van der Waals surface area contributed by atoms with Crippen LogP contribution in [-0.2, 0) is 16.1 Å². The number of nitrogens with zero attached hydrogens (tertiary/aromatic N) is 2. The van der Waals surface area contributed by atoms with Crippen molar-refractivity contribution in [2.75, 3.05) is 25.9 Å². The number of nitrogen functional groups attached to an aromatic ring is 1. The van der Waals surface area contributed by atoms with Gasteiger partial charge in [0, 0.05) is 18.3 Å². The zero-order valence-corrected chi connectivity index (χ0v) is 10.6. The highest BCUT2D eigenvalue weighted by atomic mass is 16.5. The highest BCUT2D eigenvalue weighted by molar-refractivity contribution is 5.72. The molecule has 1 saturated heterocycles. The lowest BCUT2D eigenvalue weighted by atomic mass is 9.97. The van der Waals surface area contributed by atoms with Crippen LogP contribution < -0.4 is 5.73 Å². The minimum absolute atomic E-state index is 0.0532. The number of piperidine rings is 1. The maximum Gasteiger partial charge on any atom is 0.308 e. The van der Waals surface area contributed by atoms with E-state index in [1.165, 1.54) is 7.11 Å². The Hall–Kier alpha value is -1.62. The van der Waals surface area contributed by atoms with E-state index in [4.69, 9.17) is 10.5 Å². The molecule has 0 bridgehead atoms. The molecular weight excluding hydrogens is 230 g/mol. The zero-order chi connectivity index (χ0) is 13.0. The molecule has 2 N–H and O–H groups in total. The first-order valence-electron chi connectivity index (χ1n) is 6.20. The van der Waals surface area contributed by atoms with Crippen molar-refractivity contribution in [1.29, 1.82) is 0 Å². The van der Waals surface area contributed by atoms with E-state index in [1.807, 2.05) is 12.1 Å². The smallest absolute Gasteiger partial charge is 0.308 e. The van der Waals surface area contributed by atoms with E-state index in [2.05, 4.69) is 9.88 Å². The van der Waals surface area contributed by atoms with Gasteiger partial charge in [-0.05, 0) is 32.0 Å². The maximum absolute atomic E-state index is 11.4. The fraction of sp³-hybridized carbons (Fsp3) is 0.538. The molecule has 1 aliphatic rings. The molecule has 0 aromatic carbocycles. The molecule has 0 saturated carbocycles. The van der Waals surface area contributed by atoms with Gasteiger partial charge in [0.2, 0.25) is 0 Å². The second-order valence-electron chi connectivity index (χ2n) is 4.62. The Kier molecular flexibility index (Phi) is 4.15. The highest BCUT2D eigenvalue weighted by Crippen LogP contribution is 2.21. The van der Waals surface area contributed by atoms with Crippen LogP contribution in [0.2, 0.25) is 0 Å². The van der Waals surface area contributed by atoms with Gasteiger partial charge >= 0.3 is 5.97 Å². The van der Waals surface area contributed by atoms with Crippen LogP contribution in [0, 0.1) is 5.92 Å². The third-order valence-electron chi connectivity index (χ3n) is 3.44. The number of hydrogen-bond donors (Lipinski definition) is 1. The van der Waals surface area contributed by atoms with Gasteiger partial charge in [0.25, 0.3) is 0 Å². The van der Waals surface area contributed by atoms with Crippen LogP contribution in [-0.4, -0.2) is 36.1 Å². The molecule has 0 unspecified atom stereocenters. The van der Waals surface area contributed by atoms with Gasteiger partial charge in [-0.3, -0.25) is 9.69 Å². The Morgan fingerprint density at radius 2 is 2.28 bits per heavy atom. The number of likely N-dealkylation sites (tertiary alicyclic amines) is 1. The first-order chi connectivity index (χ1) is 8.70. The van der Waals surface area contributed by atoms with Crippen LogP contribution in [0.25, 0.3) is 0 Å². The van der Waals surface area contributed by atoms with Crippen molar-refractivity contribution in [1.82, 2.24) is 9.88 Å². The average Bonchev–Trinajstić information content (AvgIpc) is 2.41. The molecule has 0 spiro atoms. The van der Waals surface area contributed by atoms with Crippen molar-refractivity contribution in [2.24, 2.45) is 5.92 Å². The molecule has 2 rings (SSSR count). The molecule has 0 aliphatic carbocycles. The first kappa shape index (κ1) is 12.8. The summed E-state index contributed by atoms with van der Waals surface area (Å²) in [7, 11) is 1.45. The maximum atomic E-state index is 11.4. The Bertz CT molecular complexity index is 414. The third-order valence-corrected chi connectivity index (χ3v) is 3.44. The Labute approximate surface area is 107 Å². The van der Waals surface area contributed by atoms with Gasteiger partial charge < -0.3 is 10.5 Å². The molecule has 18 heavy (non-hydrogen) atoms. The lowest BCUT2D eigenvalue weighted by Crippen LogP contribution is -2.36. The minimum atomic E-state index is -0.0875. The summed E-state index contributed by atoms with van der Waals surface area (Å²) in [5.41, 5.74) is 6.87. The lowest BCUT2D eigenvalue weighted by Gasteiger charge is -2.30. The van der Waals surface area contributed by atoms with Crippen molar-refractivity contribution >= 4 is 11.8 Å². The molecule has 1 aliphatic heterocycles. The summed E-state index contributed by atoms with van der Waals surface area (Å²) in [6.07, 6.45) is 3.40. The van der Waals surface area contributed by atoms with E-state index in [9.17, 15) is 4.79 Å². The molecule has 5 heteroatoms. The van der Waals surface area contributed by atoms with Crippen molar-refractivity contribution in [2.45, 2.75) is 19.4 Å². The molecule has 98 valence electrons. The summed E-state index contributed by atoms with van der Waals surface area (Å²) >= 11 is 0. The van der Waals surface area contributed by atoms with Crippen molar-refractivity contribution < 1.29 is 9.53 Å². The van der Waals surface area contributed by atoms with E-state index < -0.39 is 0 Å². The van der Waals surface area contributed by atoms with Gasteiger partial charge in [-0.25, -0.2) is 4.98 Å². The van der Waals surface area contributed by atoms with Crippen molar-refractivity contribution in [3.05, 3.63) is 23.9 Å². The van der Waals surface area contributed by atoms with Crippen LogP contribution in [0.4, 0.5) is 5.82 Å². The van der Waals surface area contributed by atoms with Gasteiger partial charge in [0.1, 0.15) is 5.82 Å². The Balaban J connectivity index is 1.87. The summed E-state index contributed by atoms with van der Waals surface area (Å²) in [5.74, 6) is 0.556. The van der Waals surface area contributed by atoms with Crippen LogP contribution in [0.1, 0.15) is 18.4 Å². The minimum Gasteiger partial charge on any atom is -0.469 e. The van der Waals surface area contributed by atoms with Gasteiger partial charge in [-0.1, -0.05) is 6.07 Å². The molecule has 0 radical (unpaired) electrons. The normalized spacial score (nSPS) is 17.6. The summed E-state index contributed by atoms with van der Waals surface area (Å²) < 4.78 is 4.77. The molecule has 1 fully saturated rings. The van der Waals surface area contributed by atoms with Crippen LogP contribution >= 0.6 is 0 Å². The monoisotopic (exact) mass is 249 g/mol. The van der Waals surface area contributed by atoms with E-state index >= 15 is 0 Å². The number of hydrogen-bond acceptors (Lipinski definition) is 5. The number of esters is 1. The van der Waals surface area contributed by atoms with E-state index in [1.54, 1.807) is 6.20 Å². The summed E-state index contributed by atoms with van der Waals surface area (Å²) in [5, 5.41) is 0. The molecule has 2 heterocycles. The van der Waals surface area contributed by atoms with Crippen molar-refractivity contribution in [3.8, 4) is 0 Å². The van der Waals surface area contributed by atoms with Gasteiger partial charge in [-0.2, -0.15) is 0 Å². The van der Waals surface area contributed by atoms with Gasteiger partial charge in [-0.15, -0.1) is 0 Å².